The molecular formula is C26H52N2S4Zn-2. The number of rotatable bonds is 20. The summed E-state index contributed by atoms with van der Waals surface area (Å²) in [5.41, 5.74) is 0. The van der Waals surface area contributed by atoms with E-state index in [1.54, 1.807) is 0 Å². The zero-order valence-corrected chi connectivity index (χ0v) is 28.6. The van der Waals surface area contributed by atoms with Crippen LogP contribution < -0.4 is 0 Å². The second kappa shape index (κ2) is 30.9. The van der Waals surface area contributed by atoms with Gasteiger partial charge in [0.1, 0.15) is 0 Å². The summed E-state index contributed by atoms with van der Waals surface area (Å²) in [6.07, 6.45) is 20.6. The Morgan fingerprint density at radius 1 is 0.455 bits per heavy atom. The molecule has 0 aliphatic carbocycles. The third-order valence-electron chi connectivity index (χ3n) is 5.64. The van der Waals surface area contributed by atoms with Gasteiger partial charge in [-0.2, -0.15) is 0 Å². The first-order valence-electron chi connectivity index (χ1n) is 13.4. The predicted molar refractivity (Wildman–Crippen MR) is 160 cm³/mol. The van der Waals surface area contributed by atoms with E-state index in [0.717, 1.165) is 26.2 Å². The first kappa shape index (κ1) is 38.4. The molecule has 0 atom stereocenters. The van der Waals surface area contributed by atoms with Gasteiger partial charge in [-0.3, -0.25) is 0 Å². The third kappa shape index (κ3) is 29.0. The zero-order chi connectivity index (χ0) is 24.5. The summed E-state index contributed by atoms with van der Waals surface area (Å²) < 4.78 is 1.32. The Labute approximate surface area is 242 Å². The number of thiocarbonyl (C=S) groups is 2. The molecule has 7 heteroatoms. The standard InChI is InChI=1S/2C13H27NS2.Zn/c2*1-3-5-7-9-11-14(13(15)16)12-10-8-6-4-2;/h2*3-12H2,1-2H3,(H,15,16);/p-2. The summed E-state index contributed by atoms with van der Waals surface area (Å²) in [6.45, 7) is 13.2. The Bertz CT molecular complexity index is 363. The maximum Gasteiger partial charge on any atom is 0.0162 e. The van der Waals surface area contributed by atoms with Crippen molar-refractivity contribution in [2.45, 2.75) is 130 Å². The molecule has 0 amide bonds. The van der Waals surface area contributed by atoms with Gasteiger partial charge in [0.05, 0.1) is 0 Å². The molecule has 33 heavy (non-hydrogen) atoms. The summed E-state index contributed by atoms with van der Waals surface area (Å²) >= 11 is 20.5. The Morgan fingerprint density at radius 2 is 0.667 bits per heavy atom. The van der Waals surface area contributed by atoms with Crippen LogP contribution in [0, 0.1) is 0 Å². The van der Waals surface area contributed by atoms with Crippen molar-refractivity contribution >= 4 is 58.3 Å². The predicted octanol–water partition coefficient (Wildman–Crippen LogP) is 8.56. The Morgan fingerprint density at radius 3 is 0.818 bits per heavy atom. The van der Waals surface area contributed by atoms with Crippen molar-refractivity contribution in [2.24, 2.45) is 0 Å². The van der Waals surface area contributed by atoms with Gasteiger partial charge in [-0.15, -0.1) is 0 Å². The van der Waals surface area contributed by atoms with Gasteiger partial charge in [0, 0.05) is 45.7 Å². The number of hydrogen-bond donors (Lipinski definition) is 0. The first-order chi connectivity index (χ1) is 15.4. The Balaban J connectivity index is -0.000000529. The fourth-order valence-electron chi connectivity index (χ4n) is 3.51. The van der Waals surface area contributed by atoms with Crippen molar-refractivity contribution in [1.82, 2.24) is 9.80 Å². The molecule has 0 fully saturated rings. The molecule has 0 aromatic carbocycles. The van der Waals surface area contributed by atoms with Gasteiger partial charge in [0.2, 0.25) is 0 Å². The minimum absolute atomic E-state index is 0. The van der Waals surface area contributed by atoms with Crippen LogP contribution in [-0.2, 0) is 44.7 Å². The minimum Gasteiger partial charge on any atom is -0.411 e. The molecule has 2 nitrogen and oxygen atoms in total. The largest absolute Gasteiger partial charge is 0.411 e. The van der Waals surface area contributed by atoms with Crippen LogP contribution in [-0.4, -0.2) is 44.6 Å². The summed E-state index contributed by atoms with van der Waals surface area (Å²) in [6, 6.07) is 0. The Hall–Kier alpha value is 0.843. The molecule has 0 aromatic rings. The average Bonchev–Trinajstić information content (AvgIpc) is 2.77. The Kier molecular flexibility index (Phi) is 35.9. The van der Waals surface area contributed by atoms with E-state index in [1.807, 2.05) is 0 Å². The average molecular weight is 586 g/mol. The van der Waals surface area contributed by atoms with Gasteiger partial charge in [-0.25, -0.2) is 0 Å². The molecule has 0 N–H and O–H groups in total. The number of nitrogens with zero attached hydrogens (tertiary/aromatic N) is 2. The van der Waals surface area contributed by atoms with Crippen molar-refractivity contribution in [3.63, 3.8) is 0 Å². The fourth-order valence-corrected chi connectivity index (χ4v) is 4.24. The van der Waals surface area contributed by atoms with Crippen LogP contribution in [0.4, 0.5) is 0 Å². The van der Waals surface area contributed by atoms with E-state index in [4.69, 9.17) is 49.7 Å². The SMILES string of the molecule is CCCCCCN(CCCCCC)C(=S)[S-].CCCCCCN(CCCCCC)C(=S)[S-].[Zn]. The van der Waals surface area contributed by atoms with Crippen molar-refractivity contribution in [3.05, 3.63) is 0 Å². The van der Waals surface area contributed by atoms with Crippen molar-refractivity contribution in [2.75, 3.05) is 26.2 Å². The molecule has 0 aliphatic heterocycles. The van der Waals surface area contributed by atoms with Gasteiger partial charge in [-0.1, -0.05) is 113 Å². The van der Waals surface area contributed by atoms with Crippen molar-refractivity contribution < 1.29 is 19.5 Å². The molecule has 0 aliphatic rings. The van der Waals surface area contributed by atoms with E-state index in [-0.39, 0.29) is 19.5 Å². The van der Waals surface area contributed by atoms with Crippen molar-refractivity contribution in [1.29, 1.82) is 0 Å². The maximum absolute atomic E-state index is 5.11. The smallest absolute Gasteiger partial charge is 0.0162 e. The molecule has 0 unspecified atom stereocenters. The summed E-state index contributed by atoms with van der Waals surface area (Å²) in [5.74, 6) is 0. The zero-order valence-electron chi connectivity index (χ0n) is 22.4. The second-order valence-corrected chi connectivity index (χ2v) is 10.8. The third-order valence-corrected chi connectivity index (χ3v) is 6.68. The molecule has 0 saturated carbocycles. The van der Waals surface area contributed by atoms with E-state index in [1.165, 1.54) is 103 Å². The van der Waals surface area contributed by atoms with E-state index in [9.17, 15) is 0 Å². The molecule has 0 rings (SSSR count). The van der Waals surface area contributed by atoms with Gasteiger partial charge in [0.25, 0.3) is 0 Å². The minimum atomic E-state index is 0. The van der Waals surface area contributed by atoms with Crippen LogP contribution in [0.15, 0.2) is 0 Å². The van der Waals surface area contributed by atoms with E-state index in [2.05, 4.69) is 37.5 Å². The van der Waals surface area contributed by atoms with Crippen molar-refractivity contribution in [3.8, 4) is 0 Å². The van der Waals surface area contributed by atoms with Gasteiger partial charge >= 0.3 is 0 Å². The quantitative estimate of drug-likeness (QED) is 0.0606. The molecule has 0 heterocycles. The molecule has 0 aromatic heterocycles. The molecule has 194 valence electrons. The van der Waals surface area contributed by atoms with Crippen LogP contribution in [0.25, 0.3) is 0 Å². The van der Waals surface area contributed by atoms with Crippen LogP contribution in [0.1, 0.15) is 130 Å². The molecular weight excluding hydrogens is 534 g/mol. The maximum atomic E-state index is 5.11. The normalized spacial score (nSPS) is 10.1. The molecule has 0 radical (unpaired) electrons. The van der Waals surface area contributed by atoms with Gasteiger partial charge < -0.3 is 59.5 Å². The summed E-state index contributed by atoms with van der Waals surface area (Å²) in [4.78, 5) is 4.41. The second-order valence-electron chi connectivity index (χ2n) is 8.75. The fraction of sp³-hybridized carbons (Fsp3) is 0.923. The van der Waals surface area contributed by atoms with Crippen LogP contribution >= 0.6 is 24.4 Å². The van der Waals surface area contributed by atoms with E-state index < -0.39 is 0 Å². The summed E-state index contributed by atoms with van der Waals surface area (Å²) in [5, 5.41) is 0. The number of unbranched alkanes of at least 4 members (excludes halogenated alkanes) is 12. The molecule has 0 bridgehead atoms. The first-order valence-corrected chi connectivity index (χ1v) is 15.0. The van der Waals surface area contributed by atoms with E-state index in [0.29, 0.717) is 8.64 Å². The molecule has 0 saturated heterocycles. The van der Waals surface area contributed by atoms with E-state index >= 15 is 0 Å². The summed E-state index contributed by atoms with van der Waals surface area (Å²) in [7, 11) is 0. The van der Waals surface area contributed by atoms with Gasteiger partial charge in [0.15, 0.2) is 0 Å². The number of hydrogen-bond acceptors (Lipinski definition) is 4. The van der Waals surface area contributed by atoms with Crippen LogP contribution in [0.5, 0.6) is 0 Å². The topological polar surface area (TPSA) is 6.48 Å². The van der Waals surface area contributed by atoms with Crippen LogP contribution in [0.3, 0.4) is 0 Å². The van der Waals surface area contributed by atoms with Crippen LogP contribution in [0.2, 0.25) is 0 Å². The van der Waals surface area contributed by atoms with Gasteiger partial charge in [-0.05, 0) is 25.7 Å². The molecule has 0 spiro atoms. The monoisotopic (exact) mass is 584 g/mol.